The number of aromatic nitrogens is 1. The Hall–Kier alpha value is -3.06. The molecule has 2 aliphatic rings. The molecule has 0 saturated carbocycles. The summed E-state index contributed by atoms with van der Waals surface area (Å²) >= 11 is 0. The van der Waals surface area contributed by atoms with Crippen molar-refractivity contribution in [3.8, 4) is 5.75 Å². The van der Waals surface area contributed by atoms with Crippen molar-refractivity contribution in [1.29, 1.82) is 0 Å². The number of oxazole rings is 1. The fraction of sp³-hybridized carbons (Fsp3) is 0.391. The Morgan fingerprint density at radius 3 is 3.13 bits per heavy atom. The van der Waals surface area contributed by atoms with E-state index in [9.17, 15) is 4.79 Å². The molecule has 156 valence electrons. The molecule has 1 N–H and O–H groups in total. The van der Waals surface area contributed by atoms with Gasteiger partial charge in [0.25, 0.3) is 11.9 Å². The number of fused-ring (bicyclic) bond motifs is 2. The number of benzene rings is 2. The van der Waals surface area contributed by atoms with Gasteiger partial charge in [-0.15, -0.1) is 0 Å². The maximum absolute atomic E-state index is 12.7. The molecule has 3 heterocycles. The molecule has 1 saturated heterocycles. The van der Waals surface area contributed by atoms with E-state index in [1.807, 2.05) is 37.3 Å². The van der Waals surface area contributed by atoms with E-state index in [-0.39, 0.29) is 5.91 Å². The molecular weight excluding hydrogens is 382 g/mol. The van der Waals surface area contributed by atoms with Crippen molar-refractivity contribution in [2.24, 2.45) is 0 Å². The molecule has 2 aromatic carbocycles. The second-order valence-electron chi connectivity index (χ2n) is 7.70. The van der Waals surface area contributed by atoms with Gasteiger partial charge in [0, 0.05) is 30.8 Å². The van der Waals surface area contributed by atoms with E-state index in [4.69, 9.17) is 13.9 Å². The number of amides is 1. The molecule has 7 nitrogen and oxygen atoms in total. The maximum atomic E-state index is 12.7. The van der Waals surface area contributed by atoms with Crippen molar-refractivity contribution in [2.75, 3.05) is 36.6 Å². The largest absolute Gasteiger partial charge is 0.493 e. The number of nitrogens with zero attached hydrogens (tertiary/aromatic N) is 2. The van der Waals surface area contributed by atoms with Crippen LogP contribution in [0.3, 0.4) is 0 Å². The van der Waals surface area contributed by atoms with E-state index < -0.39 is 0 Å². The minimum Gasteiger partial charge on any atom is -0.493 e. The molecule has 5 rings (SSSR count). The Balaban J connectivity index is 1.33. The van der Waals surface area contributed by atoms with Gasteiger partial charge < -0.3 is 24.1 Å². The predicted molar refractivity (Wildman–Crippen MR) is 114 cm³/mol. The van der Waals surface area contributed by atoms with Crippen molar-refractivity contribution in [2.45, 2.75) is 32.2 Å². The van der Waals surface area contributed by atoms with E-state index in [0.29, 0.717) is 48.7 Å². The van der Waals surface area contributed by atoms with Crippen LogP contribution in [-0.4, -0.2) is 43.3 Å². The molecule has 0 aliphatic carbocycles. The Kier molecular flexibility index (Phi) is 5.04. The normalized spacial score (nSPS) is 17.9. The van der Waals surface area contributed by atoms with E-state index in [2.05, 4.69) is 15.2 Å². The lowest BCUT2D eigenvalue weighted by molar-refractivity contribution is 0.102. The zero-order chi connectivity index (χ0) is 20.5. The molecule has 1 amide bonds. The lowest BCUT2D eigenvalue weighted by Crippen LogP contribution is -2.33. The second kappa shape index (κ2) is 7.99. The third-order valence-electron chi connectivity index (χ3n) is 5.72. The quantitative estimate of drug-likeness (QED) is 0.665. The average Bonchev–Trinajstić information content (AvgIpc) is 3.49. The smallest absolute Gasteiger partial charge is 0.298 e. The van der Waals surface area contributed by atoms with Crippen LogP contribution in [0.15, 0.2) is 40.8 Å². The Bertz CT molecular complexity index is 1080. The minimum absolute atomic E-state index is 0.149. The predicted octanol–water partition coefficient (Wildman–Crippen LogP) is 4.02. The molecule has 2 aliphatic heterocycles. The van der Waals surface area contributed by atoms with E-state index in [0.717, 1.165) is 42.6 Å². The first-order valence-electron chi connectivity index (χ1n) is 10.5. The number of nitrogens with one attached hydrogen (secondary N) is 1. The summed E-state index contributed by atoms with van der Waals surface area (Å²) in [4.78, 5) is 19.5. The van der Waals surface area contributed by atoms with Crippen molar-refractivity contribution in [1.82, 2.24) is 4.98 Å². The van der Waals surface area contributed by atoms with Gasteiger partial charge in [-0.3, -0.25) is 4.79 Å². The number of hydrogen-bond donors (Lipinski definition) is 1. The van der Waals surface area contributed by atoms with Crippen molar-refractivity contribution >= 4 is 28.7 Å². The fourth-order valence-corrected chi connectivity index (χ4v) is 4.16. The Morgan fingerprint density at radius 1 is 1.30 bits per heavy atom. The van der Waals surface area contributed by atoms with Gasteiger partial charge in [-0.05, 0) is 61.7 Å². The highest BCUT2D eigenvalue weighted by molar-refractivity contribution is 6.05. The van der Waals surface area contributed by atoms with E-state index in [1.165, 1.54) is 0 Å². The van der Waals surface area contributed by atoms with Crippen LogP contribution >= 0.6 is 0 Å². The minimum atomic E-state index is -0.149. The van der Waals surface area contributed by atoms with Crippen molar-refractivity contribution in [3.63, 3.8) is 0 Å². The van der Waals surface area contributed by atoms with Crippen molar-refractivity contribution < 1.29 is 18.7 Å². The Morgan fingerprint density at radius 2 is 2.23 bits per heavy atom. The summed E-state index contributed by atoms with van der Waals surface area (Å²) in [5.41, 5.74) is 3.82. The van der Waals surface area contributed by atoms with Crippen LogP contribution in [0.25, 0.3) is 11.1 Å². The van der Waals surface area contributed by atoms with Gasteiger partial charge in [0.15, 0.2) is 5.58 Å². The van der Waals surface area contributed by atoms with Gasteiger partial charge in [-0.1, -0.05) is 0 Å². The number of anilines is 2. The van der Waals surface area contributed by atoms with Gasteiger partial charge >= 0.3 is 0 Å². The van der Waals surface area contributed by atoms with Gasteiger partial charge in [0.2, 0.25) is 0 Å². The van der Waals surface area contributed by atoms with Crippen molar-refractivity contribution in [3.05, 3.63) is 47.5 Å². The van der Waals surface area contributed by atoms with Crippen LogP contribution in [-0.2, 0) is 11.2 Å². The third-order valence-corrected chi connectivity index (χ3v) is 5.72. The number of hydrogen-bond acceptors (Lipinski definition) is 6. The number of ether oxygens (including phenoxy) is 2. The maximum Gasteiger partial charge on any atom is 0.298 e. The van der Waals surface area contributed by atoms with E-state index in [1.54, 1.807) is 6.07 Å². The molecule has 0 spiro atoms. The van der Waals surface area contributed by atoms with Crippen LogP contribution in [0.1, 0.15) is 35.7 Å². The molecular formula is C23H25N3O4. The highest BCUT2D eigenvalue weighted by Crippen LogP contribution is 2.30. The number of rotatable bonds is 6. The van der Waals surface area contributed by atoms with Gasteiger partial charge in [0.05, 0.1) is 19.3 Å². The summed E-state index contributed by atoms with van der Waals surface area (Å²) in [5.74, 6) is 0.719. The highest BCUT2D eigenvalue weighted by atomic mass is 16.5. The van der Waals surface area contributed by atoms with Crippen LogP contribution in [0.5, 0.6) is 5.75 Å². The van der Waals surface area contributed by atoms with Gasteiger partial charge in [-0.2, -0.15) is 4.98 Å². The zero-order valence-electron chi connectivity index (χ0n) is 17.0. The highest BCUT2D eigenvalue weighted by Gasteiger charge is 2.28. The number of carbonyl (C=O) groups excluding carboxylic acids is 1. The molecule has 3 aromatic rings. The van der Waals surface area contributed by atoms with Gasteiger partial charge in [0.1, 0.15) is 11.3 Å². The van der Waals surface area contributed by atoms with Crippen LogP contribution in [0.4, 0.5) is 11.7 Å². The lowest BCUT2D eigenvalue weighted by atomic mass is 10.1. The molecule has 7 heteroatoms. The fourth-order valence-electron chi connectivity index (χ4n) is 4.16. The molecule has 1 fully saturated rings. The molecule has 0 radical (unpaired) electrons. The lowest BCUT2D eigenvalue weighted by Gasteiger charge is -2.22. The summed E-state index contributed by atoms with van der Waals surface area (Å²) in [7, 11) is 0. The van der Waals surface area contributed by atoms with Crippen LogP contribution < -0.4 is 15.0 Å². The van der Waals surface area contributed by atoms with Crippen LogP contribution in [0, 0.1) is 0 Å². The average molecular weight is 407 g/mol. The summed E-state index contributed by atoms with van der Waals surface area (Å²) in [6.07, 6.45) is 3.01. The number of carbonyl (C=O) groups is 1. The summed E-state index contributed by atoms with van der Waals surface area (Å²) in [6, 6.07) is 12.0. The molecule has 30 heavy (non-hydrogen) atoms. The summed E-state index contributed by atoms with van der Waals surface area (Å²) in [5, 5.41) is 2.96. The SMILES string of the molecule is CCOCC1CCCN1c1nc2cc(NC(=O)c3ccc4c(c3)CCO4)ccc2o1. The molecule has 1 atom stereocenters. The van der Waals surface area contributed by atoms with E-state index >= 15 is 0 Å². The topological polar surface area (TPSA) is 76.8 Å². The van der Waals surface area contributed by atoms with Crippen LogP contribution in [0.2, 0.25) is 0 Å². The first kappa shape index (κ1) is 18.9. The summed E-state index contributed by atoms with van der Waals surface area (Å²) < 4.78 is 17.1. The molecule has 1 unspecified atom stereocenters. The Labute approximate surface area is 175 Å². The molecule has 0 bridgehead atoms. The van der Waals surface area contributed by atoms with Gasteiger partial charge in [-0.25, -0.2) is 0 Å². The summed E-state index contributed by atoms with van der Waals surface area (Å²) in [6.45, 7) is 4.98. The first-order valence-corrected chi connectivity index (χ1v) is 10.5. The first-order chi connectivity index (χ1) is 14.7. The zero-order valence-corrected chi connectivity index (χ0v) is 17.0. The monoisotopic (exact) mass is 407 g/mol. The third kappa shape index (κ3) is 3.61. The molecule has 1 aromatic heterocycles. The standard InChI is InChI=1S/C23H25N3O4/c1-2-28-14-18-4-3-10-26(18)23-25-19-13-17(6-8-21(19)30-23)24-22(27)16-5-7-20-15(12-16)9-11-29-20/h5-8,12-13,18H,2-4,9-11,14H2,1H3,(H,24,27). The second-order valence-corrected chi connectivity index (χ2v) is 7.70.